The maximum absolute atomic E-state index is 5.65. The summed E-state index contributed by atoms with van der Waals surface area (Å²) in [6, 6.07) is 1.94. The molecule has 0 N–H and O–H groups in total. The van der Waals surface area contributed by atoms with Gasteiger partial charge in [-0.2, -0.15) is 5.10 Å². The summed E-state index contributed by atoms with van der Waals surface area (Å²) >= 11 is 5.65. The van der Waals surface area contributed by atoms with Gasteiger partial charge in [0, 0.05) is 12.2 Å². The van der Waals surface area contributed by atoms with Crippen LogP contribution < -0.4 is 0 Å². The van der Waals surface area contributed by atoms with Crippen molar-refractivity contribution in [3.05, 3.63) is 16.9 Å². The van der Waals surface area contributed by atoms with E-state index in [-0.39, 0.29) is 0 Å². The molecule has 0 bridgehead atoms. The number of fused-ring (bicyclic) bond motifs is 1. The lowest BCUT2D eigenvalue weighted by Crippen LogP contribution is -1.92. The van der Waals surface area contributed by atoms with E-state index in [1.165, 1.54) is 12.1 Å². The highest BCUT2D eigenvalue weighted by atomic mass is 35.5. The lowest BCUT2D eigenvalue weighted by molar-refractivity contribution is 0.657. The van der Waals surface area contributed by atoms with Gasteiger partial charge < -0.3 is 0 Å². The molecule has 1 aliphatic heterocycles. The van der Waals surface area contributed by atoms with Crippen LogP contribution in [0.4, 0.5) is 0 Å². The van der Waals surface area contributed by atoms with Gasteiger partial charge in [0.15, 0.2) is 5.15 Å². The van der Waals surface area contributed by atoms with Crippen LogP contribution in [-0.2, 0) is 13.0 Å². The summed E-state index contributed by atoms with van der Waals surface area (Å²) in [4.78, 5) is 0. The summed E-state index contributed by atoms with van der Waals surface area (Å²) in [6.07, 6.45) is 2.36. The van der Waals surface area contributed by atoms with Crippen LogP contribution in [0.2, 0.25) is 5.15 Å². The normalized spacial score (nSPS) is 16.1. The number of aryl methyl sites for hydroxylation is 2. The van der Waals surface area contributed by atoms with Gasteiger partial charge in [0.2, 0.25) is 0 Å². The third-order valence-corrected chi connectivity index (χ3v) is 1.82. The SMILES string of the molecule is Clc1cc2n(n1)CCC2. The molecule has 0 spiro atoms. The third-order valence-electron chi connectivity index (χ3n) is 1.64. The predicted molar refractivity (Wildman–Crippen MR) is 35.6 cm³/mol. The topological polar surface area (TPSA) is 17.8 Å². The van der Waals surface area contributed by atoms with Crippen molar-refractivity contribution in [3.63, 3.8) is 0 Å². The molecule has 0 atom stereocenters. The van der Waals surface area contributed by atoms with Gasteiger partial charge in [-0.05, 0) is 18.9 Å². The van der Waals surface area contributed by atoms with E-state index in [4.69, 9.17) is 11.6 Å². The Kier molecular flexibility index (Phi) is 1.02. The molecule has 0 aliphatic carbocycles. The maximum Gasteiger partial charge on any atom is 0.151 e. The van der Waals surface area contributed by atoms with Gasteiger partial charge in [0.1, 0.15) is 0 Å². The highest BCUT2D eigenvalue weighted by molar-refractivity contribution is 6.29. The van der Waals surface area contributed by atoms with Crippen molar-refractivity contribution in [1.82, 2.24) is 9.78 Å². The van der Waals surface area contributed by atoms with Crippen LogP contribution in [-0.4, -0.2) is 9.78 Å². The van der Waals surface area contributed by atoms with E-state index in [0.717, 1.165) is 13.0 Å². The van der Waals surface area contributed by atoms with Crippen LogP contribution in [0.15, 0.2) is 6.07 Å². The molecule has 1 aromatic rings. The lowest BCUT2D eigenvalue weighted by atomic mass is 10.3. The number of hydrogen-bond acceptors (Lipinski definition) is 1. The first kappa shape index (κ1) is 5.30. The lowest BCUT2D eigenvalue weighted by Gasteiger charge is -1.88. The zero-order chi connectivity index (χ0) is 6.27. The Morgan fingerprint density at radius 2 is 2.56 bits per heavy atom. The van der Waals surface area contributed by atoms with Crippen LogP contribution in [0.25, 0.3) is 0 Å². The molecule has 0 amide bonds. The van der Waals surface area contributed by atoms with Gasteiger partial charge in [0.25, 0.3) is 0 Å². The van der Waals surface area contributed by atoms with Crippen molar-refractivity contribution in [2.45, 2.75) is 19.4 Å². The quantitative estimate of drug-likeness (QED) is 0.537. The summed E-state index contributed by atoms with van der Waals surface area (Å²) in [7, 11) is 0. The highest BCUT2D eigenvalue weighted by Crippen LogP contribution is 2.17. The summed E-state index contributed by atoms with van der Waals surface area (Å²) in [5.41, 5.74) is 1.28. The van der Waals surface area contributed by atoms with Crippen molar-refractivity contribution >= 4 is 11.6 Å². The largest absolute Gasteiger partial charge is 0.268 e. The second-order valence-electron chi connectivity index (χ2n) is 2.29. The van der Waals surface area contributed by atoms with Crippen molar-refractivity contribution in [3.8, 4) is 0 Å². The molecule has 9 heavy (non-hydrogen) atoms. The number of halogens is 1. The monoisotopic (exact) mass is 142 g/mol. The molecule has 0 fully saturated rings. The average Bonchev–Trinajstić information content (AvgIpc) is 2.22. The van der Waals surface area contributed by atoms with E-state index in [9.17, 15) is 0 Å². The molecule has 0 unspecified atom stereocenters. The number of nitrogens with zero attached hydrogens (tertiary/aromatic N) is 2. The first-order valence-electron chi connectivity index (χ1n) is 3.08. The van der Waals surface area contributed by atoms with Crippen molar-refractivity contribution in [1.29, 1.82) is 0 Å². The number of rotatable bonds is 0. The standard InChI is InChI=1S/C6H7ClN2/c7-6-4-5-2-1-3-9(5)8-6/h4H,1-3H2. The molecular weight excluding hydrogens is 136 g/mol. The molecule has 2 nitrogen and oxygen atoms in total. The van der Waals surface area contributed by atoms with Crippen molar-refractivity contribution < 1.29 is 0 Å². The Morgan fingerprint density at radius 1 is 1.67 bits per heavy atom. The van der Waals surface area contributed by atoms with E-state index < -0.39 is 0 Å². The molecule has 1 aromatic heterocycles. The number of hydrogen-bond donors (Lipinski definition) is 0. The van der Waals surface area contributed by atoms with E-state index in [0.29, 0.717) is 5.15 Å². The zero-order valence-electron chi connectivity index (χ0n) is 4.97. The minimum absolute atomic E-state index is 0.629. The average molecular weight is 143 g/mol. The van der Waals surface area contributed by atoms with Gasteiger partial charge in [0.05, 0.1) is 0 Å². The van der Waals surface area contributed by atoms with Gasteiger partial charge in [-0.15, -0.1) is 0 Å². The molecule has 2 rings (SSSR count). The van der Waals surface area contributed by atoms with Crippen molar-refractivity contribution in [2.24, 2.45) is 0 Å². The predicted octanol–water partition coefficient (Wildman–Crippen LogP) is 1.48. The second-order valence-corrected chi connectivity index (χ2v) is 2.67. The molecular formula is C6H7ClN2. The van der Waals surface area contributed by atoms with E-state index >= 15 is 0 Å². The van der Waals surface area contributed by atoms with Gasteiger partial charge in [-0.1, -0.05) is 11.6 Å². The molecule has 2 heterocycles. The minimum atomic E-state index is 0.629. The van der Waals surface area contributed by atoms with E-state index in [1.807, 2.05) is 10.7 Å². The summed E-state index contributed by atoms with van der Waals surface area (Å²) in [5, 5.41) is 4.70. The fraction of sp³-hybridized carbons (Fsp3) is 0.500. The van der Waals surface area contributed by atoms with Gasteiger partial charge in [-0.3, -0.25) is 4.68 Å². The molecule has 0 saturated heterocycles. The maximum atomic E-state index is 5.65. The van der Waals surface area contributed by atoms with Gasteiger partial charge >= 0.3 is 0 Å². The molecule has 0 saturated carbocycles. The Balaban J connectivity index is 2.51. The van der Waals surface area contributed by atoms with Crippen LogP contribution in [0.1, 0.15) is 12.1 Å². The fourth-order valence-electron chi connectivity index (χ4n) is 1.23. The molecule has 0 aromatic carbocycles. The van der Waals surface area contributed by atoms with Crippen LogP contribution in [0.5, 0.6) is 0 Å². The number of aromatic nitrogens is 2. The fourth-order valence-corrected chi connectivity index (χ4v) is 1.44. The minimum Gasteiger partial charge on any atom is -0.268 e. The van der Waals surface area contributed by atoms with Crippen molar-refractivity contribution in [2.75, 3.05) is 0 Å². The van der Waals surface area contributed by atoms with Crippen LogP contribution >= 0.6 is 11.6 Å². The van der Waals surface area contributed by atoms with Gasteiger partial charge in [-0.25, -0.2) is 0 Å². The summed E-state index contributed by atoms with van der Waals surface area (Å²) in [6.45, 7) is 1.04. The van der Waals surface area contributed by atoms with Crippen LogP contribution in [0, 0.1) is 0 Å². The molecule has 0 radical (unpaired) electrons. The first-order valence-corrected chi connectivity index (χ1v) is 3.46. The van der Waals surface area contributed by atoms with E-state index in [2.05, 4.69) is 5.10 Å². The zero-order valence-corrected chi connectivity index (χ0v) is 5.73. The highest BCUT2D eigenvalue weighted by Gasteiger charge is 2.11. The molecule has 3 heteroatoms. The molecule has 48 valence electrons. The van der Waals surface area contributed by atoms with E-state index in [1.54, 1.807) is 0 Å². The summed E-state index contributed by atoms with van der Waals surface area (Å²) in [5.74, 6) is 0. The Labute approximate surface area is 58.4 Å². The Bertz CT molecular complexity index is 207. The Morgan fingerprint density at radius 3 is 3.33 bits per heavy atom. The third kappa shape index (κ3) is 0.741. The Hall–Kier alpha value is -0.500. The first-order chi connectivity index (χ1) is 4.36. The van der Waals surface area contributed by atoms with Crippen LogP contribution in [0.3, 0.4) is 0 Å². The smallest absolute Gasteiger partial charge is 0.151 e. The molecule has 1 aliphatic rings. The summed E-state index contributed by atoms with van der Waals surface area (Å²) < 4.78 is 1.97. The second kappa shape index (κ2) is 1.74.